The minimum absolute atomic E-state index is 0.418. The van der Waals surface area contributed by atoms with Gasteiger partial charge in [0.1, 0.15) is 6.54 Å². The Morgan fingerprint density at radius 1 is 1.43 bits per heavy atom. The Balaban J connectivity index is 1.99. The van der Waals surface area contributed by atoms with E-state index in [2.05, 4.69) is 17.1 Å². The monoisotopic (exact) mass is 303 g/mol. The molecule has 1 aromatic carbocycles. The number of halogens is 1. The molecule has 0 N–H and O–H groups in total. The van der Waals surface area contributed by atoms with E-state index in [9.17, 15) is 4.79 Å². The summed E-state index contributed by atoms with van der Waals surface area (Å²) in [6, 6.07) is 5.44. The summed E-state index contributed by atoms with van der Waals surface area (Å²) < 4.78 is 7.14. The number of hydrogen-bond donors (Lipinski definition) is 0. The molecule has 3 rings (SSSR count). The molecule has 6 heteroatoms. The Morgan fingerprint density at radius 2 is 2.29 bits per heavy atom. The van der Waals surface area contributed by atoms with Crippen LogP contribution < -0.4 is 0 Å². The zero-order valence-electron chi connectivity index (χ0n) is 11.5. The molecule has 0 bridgehead atoms. The Labute approximate surface area is 126 Å². The molecule has 0 spiro atoms. The Hall–Kier alpha value is -2.14. The number of fused-ring (bicyclic) bond motifs is 1. The van der Waals surface area contributed by atoms with Gasteiger partial charge in [-0.3, -0.25) is 4.79 Å². The van der Waals surface area contributed by atoms with E-state index in [0.717, 1.165) is 30.0 Å². The van der Waals surface area contributed by atoms with Crippen LogP contribution in [0.3, 0.4) is 0 Å². The molecule has 2 aromatic heterocycles. The van der Waals surface area contributed by atoms with Crippen molar-refractivity contribution in [2.75, 3.05) is 0 Å². The summed E-state index contributed by atoms with van der Waals surface area (Å²) in [5, 5.41) is 5.42. The molecule has 0 saturated heterocycles. The van der Waals surface area contributed by atoms with Gasteiger partial charge in [0, 0.05) is 28.6 Å². The van der Waals surface area contributed by atoms with Gasteiger partial charge in [0.05, 0.1) is 5.52 Å². The zero-order chi connectivity index (χ0) is 14.8. The van der Waals surface area contributed by atoms with Gasteiger partial charge in [0.15, 0.2) is 12.1 Å². The zero-order valence-corrected chi connectivity index (χ0v) is 12.3. The fourth-order valence-corrected chi connectivity index (χ4v) is 2.51. The number of rotatable bonds is 5. The molecule has 3 aromatic rings. The number of aryl methyl sites for hydroxylation is 1. The second-order valence-corrected chi connectivity index (χ2v) is 5.28. The number of carbonyl (C=O) groups is 1. The molecule has 0 amide bonds. The van der Waals surface area contributed by atoms with Crippen molar-refractivity contribution in [2.45, 2.75) is 26.3 Å². The van der Waals surface area contributed by atoms with Crippen molar-refractivity contribution >= 4 is 28.8 Å². The molecule has 0 aliphatic rings. The van der Waals surface area contributed by atoms with E-state index >= 15 is 0 Å². The van der Waals surface area contributed by atoms with E-state index in [1.807, 2.05) is 16.7 Å². The smallest absolute Gasteiger partial charge is 0.246 e. The number of benzene rings is 1. The number of nitrogens with zero attached hydrogens (tertiary/aromatic N) is 3. The van der Waals surface area contributed by atoms with Gasteiger partial charge in [-0.1, -0.05) is 29.7 Å². The lowest BCUT2D eigenvalue weighted by Crippen LogP contribution is -1.98. The molecular formula is C15H14ClN3O2. The van der Waals surface area contributed by atoms with Crippen LogP contribution in [0.4, 0.5) is 0 Å². The largest absolute Gasteiger partial charge is 0.337 e. The third kappa shape index (κ3) is 2.69. The first-order chi connectivity index (χ1) is 10.2. The van der Waals surface area contributed by atoms with Crippen molar-refractivity contribution in [3.8, 4) is 0 Å². The first kappa shape index (κ1) is 13.8. The average Bonchev–Trinajstić information content (AvgIpc) is 3.05. The van der Waals surface area contributed by atoms with E-state index < -0.39 is 0 Å². The van der Waals surface area contributed by atoms with Crippen LogP contribution in [-0.4, -0.2) is 21.0 Å². The van der Waals surface area contributed by atoms with Crippen LogP contribution in [-0.2, 0) is 13.0 Å². The van der Waals surface area contributed by atoms with Crippen molar-refractivity contribution in [1.29, 1.82) is 0 Å². The highest BCUT2D eigenvalue weighted by Gasteiger charge is 2.12. The maximum atomic E-state index is 11.2. The van der Waals surface area contributed by atoms with Crippen LogP contribution in [0.25, 0.3) is 10.9 Å². The topological polar surface area (TPSA) is 60.9 Å². The van der Waals surface area contributed by atoms with Gasteiger partial charge in [0.2, 0.25) is 5.89 Å². The second-order valence-electron chi connectivity index (χ2n) is 4.85. The van der Waals surface area contributed by atoms with Gasteiger partial charge in [-0.15, -0.1) is 0 Å². The van der Waals surface area contributed by atoms with Gasteiger partial charge in [-0.05, 0) is 18.6 Å². The fraction of sp³-hybridized carbons (Fsp3) is 0.267. The van der Waals surface area contributed by atoms with E-state index in [-0.39, 0.29) is 0 Å². The lowest BCUT2D eigenvalue weighted by Gasteiger charge is -2.01. The molecule has 0 unspecified atom stereocenters. The normalized spacial score (nSPS) is 11.1. The SMILES string of the molecule is CCCc1noc(Cn2cc(C=O)c3ccc(Cl)cc32)n1. The van der Waals surface area contributed by atoms with Gasteiger partial charge >= 0.3 is 0 Å². The van der Waals surface area contributed by atoms with Gasteiger partial charge in [-0.25, -0.2) is 0 Å². The quantitative estimate of drug-likeness (QED) is 0.677. The number of carbonyl (C=O) groups excluding carboxylic acids is 1. The van der Waals surface area contributed by atoms with Crippen molar-refractivity contribution in [2.24, 2.45) is 0 Å². The van der Waals surface area contributed by atoms with Crippen LogP contribution in [0, 0.1) is 0 Å². The highest BCUT2D eigenvalue weighted by atomic mass is 35.5. The summed E-state index contributed by atoms with van der Waals surface area (Å²) in [4.78, 5) is 15.5. The average molecular weight is 304 g/mol. The Morgan fingerprint density at radius 3 is 3.05 bits per heavy atom. The van der Waals surface area contributed by atoms with Crippen LogP contribution >= 0.6 is 11.6 Å². The van der Waals surface area contributed by atoms with Gasteiger partial charge in [-0.2, -0.15) is 4.98 Å². The summed E-state index contributed by atoms with van der Waals surface area (Å²) in [5.41, 5.74) is 1.50. The third-order valence-corrected chi connectivity index (χ3v) is 3.53. The molecule has 0 aliphatic carbocycles. The predicted molar refractivity (Wildman–Crippen MR) is 79.7 cm³/mol. The highest BCUT2D eigenvalue weighted by molar-refractivity contribution is 6.31. The highest BCUT2D eigenvalue weighted by Crippen LogP contribution is 2.24. The number of hydrogen-bond acceptors (Lipinski definition) is 4. The minimum Gasteiger partial charge on any atom is -0.337 e. The molecule has 2 heterocycles. The van der Waals surface area contributed by atoms with E-state index in [4.69, 9.17) is 16.1 Å². The minimum atomic E-state index is 0.418. The summed E-state index contributed by atoms with van der Waals surface area (Å²) in [7, 11) is 0. The molecule has 0 saturated carbocycles. The predicted octanol–water partition coefficient (Wildman–Crippen LogP) is 3.49. The van der Waals surface area contributed by atoms with E-state index in [1.54, 1.807) is 12.3 Å². The van der Waals surface area contributed by atoms with Crippen LogP contribution in [0.2, 0.25) is 5.02 Å². The van der Waals surface area contributed by atoms with Crippen LogP contribution in [0.1, 0.15) is 35.4 Å². The van der Waals surface area contributed by atoms with Crippen molar-refractivity contribution in [1.82, 2.24) is 14.7 Å². The van der Waals surface area contributed by atoms with E-state index in [0.29, 0.717) is 28.8 Å². The van der Waals surface area contributed by atoms with Crippen LogP contribution in [0.5, 0.6) is 0 Å². The Bertz CT molecular complexity index is 791. The van der Waals surface area contributed by atoms with Crippen molar-refractivity contribution < 1.29 is 9.32 Å². The number of aromatic nitrogens is 3. The standard InChI is InChI=1S/C15H14ClN3O2/c1-2-3-14-17-15(21-18-14)8-19-7-10(9-20)12-5-4-11(16)6-13(12)19/h4-7,9H,2-3,8H2,1H3. The maximum Gasteiger partial charge on any atom is 0.246 e. The molecule has 5 nitrogen and oxygen atoms in total. The van der Waals surface area contributed by atoms with Gasteiger partial charge in [0.25, 0.3) is 0 Å². The van der Waals surface area contributed by atoms with E-state index in [1.165, 1.54) is 0 Å². The summed E-state index contributed by atoms with van der Waals surface area (Å²) in [5.74, 6) is 1.23. The van der Waals surface area contributed by atoms with Crippen molar-refractivity contribution in [3.05, 3.63) is 46.7 Å². The molecule has 0 aliphatic heterocycles. The fourth-order valence-electron chi connectivity index (χ4n) is 2.34. The summed E-state index contributed by atoms with van der Waals surface area (Å²) in [6.45, 7) is 2.48. The van der Waals surface area contributed by atoms with Crippen molar-refractivity contribution in [3.63, 3.8) is 0 Å². The summed E-state index contributed by atoms with van der Waals surface area (Å²) in [6.07, 6.45) is 4.37. The molecule has 21 heavy (non-hydrogen) atoms. The molecule has 0 radical (unpaired) electrons. The lowest BCUT2D eigenvalue weighted by atomic mass is 10.2. The molecule has 108 valence electrons. The first-order valence-corrected chi connectivity index (χ1v) is 7.14. The Kier molecular flexibility index (Phi) is 3.75. The molecular weight excluding hydrogens is 290 g/mol. The summed E-state index contributed by atoms with van der Waals surface area (Å²) >= 11 is 6.04. The second kappa shape index (κ2) is 5.69. The van der Waals surface area contributed by atoms with Crippen LogP contribution in [0.15, 0.2) is 28.9 Å². The third-order valence-electron chi connectivity index (χ3n) is 3.29. The first-order valence-electron chi connectivity index (χ1n) is 6.76. The molecule has 0 atom stereocenters. The van der Waals surface area contributed by atoms with Gasteiger partial charge < -0.3 is 9.09 Å². The number of aldehydes is 1. The molecule has 0 fully saturated rings. The lowest BCUT2D eigenvalue weighted by molar-refractivity contribution is 0.112. The maximum absolute atomic E-state index is 11.2.